The fourth-order valence-corrected chi connectivity index (χ4v) is 2.72. The van der Waals surface area contributed by atoms with E-state index in [1.54, 1.807) is 0 Å². The van der Waals surface area contributed by atoms with Crippen LogP contribution in [0.5, 0.6) is 0 Å². The van der Waals surface area contributed by atoms with E-state index in [2.05, 4.69) is 14.7 Å². The maximum atomic E-state index is 11.8. The van der Waals surface area contributed by atoms with Crippen LogP contribution in [0.2, 0.25) is 0 Å². The van der Waals surface area contributed by atoms with E-state index in [-0.39, 0.29) is 5.03 Å². The Morgan fingerprint density at radius 3 is 2.81 bits per heavy atom. The Bertz CT molecular complexity index is 448. The van der Waals surface area contributed by atoms with Crippen molar-refractivity contribution in [2.45, 2.75) is 37.6 Å². The van der Waals surface area contributed by atoms with Gasteiger partial charge >= 0.3 is 0 Å². The summed E-state index contributed by atoms with van der Waals surface area (Å²) in [5, 5.41) is 0.170. The number of aromatic nitrogens is 2. The first kappa shape index (κ1) is 11.6. The summed E-state index contributed by atoms with van der Waals surface area (Å²) in [6.07, 6.45) is 5.56. The van der Waals surface area contributed by atoms with Crippen molar-refractivity contribution in [1.29, 1.82) is 0 Å². The van der Waals surface area contributed by atoms with Crippen LogP contribution in [-0.2, 0) is 16.4 Å². The van der Waals surface area contributed by atoms with E-state index in [0.717, 1.165) is 12.8 Å². The quantitative estimate of drug-likeness (QED) is 0.811. The van der Waals surface area contributed by atoms with Gasteiger partial charge in [-0.25, -0.2) is 18.1 Å². The van der Waals surface area contributed by atoms with Crippen molar-refractivity contribution in [1.82, 2.24) is 14.7 Å². The second-order valence-electron chi connectivity index (χ2n) is 4.20. The highest BCUT2D eigenvalue weighted by Crippen LogP contribution is 2.25. The Balaban J connectivity index is 1.99. The van der Waals surface area contributed by atoms with Crippen LogP contribution in [0.3, 0.4) is 0 Å². The van der Waals surface area contributed by atoms with E-state index in [4.69, 9.17) is 0 Å². The smallest absolute Gasteiger partial charge is 0.257 e. The number of sulfonamides is 1. The van der Waals surface area contributed by atoms with Crippen molar-refractivity contribution in [2.75, 3.05) is 6.54 Å². The maximum Gasteiger partial charge on any atom is 0.257 e. The number of hydrogen-bond acceptors (Lipinski definition) is 3. The first-order chi connectivity index (χ1) is 7.62. The number of H-pyrrole nitrogens is 1. The van der Waals surface area contributed by atoms with Crippen LogP contribution >= 0.6 is 0 Å². The lowest BCUT2D eigenvalue weighted by Gasteiger charge is -2.25. The molecule has 0 unspecified atom stereocenters. The Kier molecular flexibility index (Phi) is 3.30. The van der Waals surface area contributed by atoms with Crippen LogP contribution < -0.4 is 4.72 Å². The first-order valence-electron chi connectivity index (χ1n) is 5.65. The Morgan fingerprint density at radius 2 is 2.31 bits per heavy atom. The van der Waals surface area contributed by atoms with Gasteiger partial charge in [0.05, 0.1) is 6.20 Å². The molecule has 1 aliphatic rings. The van der Waals surface area contributed by atoms with Crippen LogP contribution in [0.25, 0.3) is 0 Å². The summed E-state index contributed by atoms with van der Waals surface area (Å²) < 4.78 is 26.3. The molecule has 0 aromatic carbocycles. The third-order valence-corrected chi connectivity index (χ3v) is 4.35. The molecule has 1 aliphatic carbocycles. The predicted octanol–water partition coefficient (Wildman–Crippen LogP) is 1.05. The Hall–Kier alpha value is -0.880. The van der Waals surface area contributed by atoms with Crippen molar-refractivity contribution < 1.29 is 8.42 Å². The zero-order chi connectivity index (χ0) is 11.6. The summed E-state index contributed by atoms with van der Waals surface area (Å²) in [6, 6.07) is 0. The van der Waals surface area contributed by atoms with Crippen LogP contribution in [0.4, 0.5) is 0 Å². The summed E-state index contributed by atoms with van der Waals surface area (Å²) in [6.45, 7) is 2.47. The van der Waals surface area contributed by atoms with Gasteiger partial charge in [-0.05, 0) is 18.8 Å². The summed E-state index contributed by atoms with van der Waals surface area (Å²) in [7, 11) is -3.39. The van der Waals surface area contributed by atoms with Crippen molar-refractivity contribution in [2.24, 2.45) is 5.92 Å². The third kappa shape index (κ3) is 2.44. The van der Waals surface area contributed by atoms with Crippen molar-refractivity contribution >= 4 is 10.0 Å². The lowest BCUT2D eigenvalue weighted by Crippen LogP contribution is -2.32. The third-order valence-electron chi connectivity index (χ3n) is 3.02. The number of hydrogen-bond donors (Lipinski definition) is 2. The number of nitrogens with one attached hydrogen (secondary N) is 2. The number of rotatable bonds is 5. The largest absolute Gasteiger partial charge is 0.332 e. The molecule has 0 radical (unpaired) electrons. The van der Waals surface area contributed by atoms with Crippen LogP contribution in [-0.4, -0.2) is 24.9 Å². The average Bonchev–Trinajstić information content (AvgIpc) is 2.63. The number of aryl methyl sites for hydroxylation is 1. The topological polar surface area (TPSA) is 74.8 Å². The zero-order valence-electron chi connectivity index (χ0n) is 9.36. The van der Waals surface area contributed by atoms with Gasteiger partial charge in [-0.2, -0.15) is 0 Å². The van der Waals surface area contributed by atoms with E-state index in [1.807, 2.05) is 6.92 Å². The van der Waals surface area contributed by atoms with Gasteiger partial charge in [0.25, 0.3) is 10.0 Å². The van der Waals surface area contributed by atoms with Crippen LogP contribution in [0.15, 0.2) is 11.2 Å². The minimum absolute atomic E-state index is 0.170. The van der Waals surface area contributed by atoms with Gasteiger partial charge in [-0.15, -0.1) is 0 Å². The Morgan fingerprint density at radius 1 is 1.56 bits per heavy atom. The molecule has 6 heteroatoms. The molecular formula is C10H17N3O2S. The maximum absolute atomic E-state index is 11.8. The summed E-state index contributed by atoms with van der Waals surface area (Å²) in [5.41, 5.74) is 0. The van der Waals surface area contributed by atoms with Gasteiger partial charge in [0.2, 0.25) is 0 Å². The van der Waals surface area contributed by atoms with Gasteiger partial charge in [-0.1, -0.05) is 13.3 Å². The number of imidazole rings is 1. The molecule has 0 bridgehead atoms. The molecule has 0 spiro atoms. The molecule has 2 rings (SSSR count). The predicted molar refractivity (Wildman–Crippen MR) is 60.5 cm³/mol. The monoisotopic (exact) mass is 243 g/mol. The number of aromatic amines is 1. The highest BCUT2D eigenvalue weighted by Gasteiger charge is 2.22. The van der Waals surface area contributed by atoms with Crippen molar-refractivity contribution in [3.63, 3.8) is 0 Å². The van der Waals surface area contributed by atoms with E-state index < -0.39 is 10.0 Å². The summed E-state index contributed by atoms with van der Waals surface area (Å²) >= 11 is 0. The van der Waals surface area contributed by atoms with Gasteiger partial charge in [-0.3, -0.25) is 0 Å². The first-order valence-corrected chi connectivity index (χ1v) is 7.13. The second-order valence-corrected chi connectivity index (χ2v) is 5.93. The number of nitrogens with zero attached hydrogens (tertiary/aromatic N) is 1. The molecule has 90 valence electrons. The van der Waals surface area contributed by atoms with Gasteiger partial charge in [0.1, 0.15) is 5.82 Å². The molecule has 1 fully saturated rings. The van der Waals surface area contributed by atoms with Gasteiger partial charge in [0, 0.05) is 13.0 Å². The molecule has 0 aliphatic heterocycles. The van der Waals surface area contributed by atoms with E-state index in [1.165, 1.54) is 12.6 Å². The van der Waals surface area contributed by atoms with E-state index >= 15 is 0 Å². The SMILES string of the molecule is CCc1ncc(S(=O)(=O)NCC2CCC2)[nH]1. The fourth-order valence-electron chi connectivity index (χ4n) is 1.66. The summed E-state index contributed by atoms with van der Waals surface area (Å²) in [4.78, 5) is 6.79. The highest BCUT2D eigenvalue weighted by molar-refractivity contribution is 7.89. The van der Waals surface area contributed by atoms with Crippen LogP contribution in [0.1, 0.15) is 32.0 Å². The molecule has 2 N–H and O–H groups in total. The fraction of sp³-hybridized carbons (Fsp3) is 0.700. The van der Waals surface area contributed by atoms with E-state index in [9.17, 15) is 8.42 Å². The molecule has 1 aromatic rings. The minimum Gasteiger partial charge on any atom is -0.332 e. The second kappa shape index (κ2) is 4.55. The molecule has 0 amide bonds. The minimum atomic E-state index is -3.39. The summed E-state index contributed by atoms with van der Waals surface area (Å²) in [5.74, 6) is 1.22. The normalized spacial score (nSPS) is 17.3. The molecule has 1 heterocycles. The average molecular weight is 243 g/mol. The molecular weight excluding hydrogens is 226 g/mol. The zero-order valence-corrected chi connectivity index (χ0v) is 10.2. The van der Waals surface area contributed by atoms with Crippen molar-refractivity contribution in [3.05, 3.63) is 12.0 Å². The van der Waals surface area contributed by atoms with Gasteiger partial charge < -0.3 is 4.98 Å². The van der Waals surface area contributed by atoms with E-state index in [0.29, 0.717) is 24.7 Å². The highest BCUT2D eigenvalue weighted by atomic mass is 32.2. The standard InChI is InChI=1S/C10H17N3O2S/c1-2-9-11-7-10(13-9)16(14,15)12-6-8-4-3-5-8/h7-8,12H,2-6H2,1H3,(H,11,13). The molecule has 16 heavy (non-hydrogen) atoms. The molecule has 5 nitrogen and oxygen atoms in total. The lowest BCUT2D eigenvalue weighted by molar-refractivity contribution is 0.316. The molecule has 1 aromatic heterocycles. The van der Waals surface area contributed by atoms with Gasteiger partial charge in [0.15, 0.2) is 5.03 Å². The molecule has 0 atom stereocenters. The van der Waals surface area contributed by atoms with Crippen LogP contribution in [0, 0.1) is 5.92 Å². The lowest BCUT2D eigenvalue weighted by atomic mass is 9.86. The Labute approximate surface area is 95.7 Å². The van der Waals surface area contributed by atoms with Crippen molar-refractivity contribution in [3.8, 4) is 0 Å². The molecule has 0 saturated heterocycles. The molecule has 1 saturated carbocycles.